The highest BCUT2D eigenvalue weighted by Crippen LogP contribution is 2.27. The van der Waals surface area contributed by atoms with Crippen molar-refractivity contribution in [2.75, 3.05) is 5.32 Å². The van der Waals surface area contributed by atoms with E-state index in [1.165, 1.54) is 12.1 Å². The summed E-state index contributed by atoms with van der Waals surface area (Å²) < 4.78 is 27.1. The van der Waals surface area contributed by atoms with Gasteiger partial charge in [-0.05, 0) is 59.1 Å². The van der Waals surface area contributed by atoms with Gasteiger partial charge < -0.3 is 5.32 Å². The van der Waals surface area contributed by atoms with Crippen LogP contribution in [0.5, 0.6) is 0 Å². The Morgan fingerprint density at radius 1 is 1.19 bits per heavy atom. The van der Waals surface area contributed by atoms with Crippen molar-refractivity contribution in [1.29, 1.82) is 5.26 Å². The normalized spacial score (nSPS) is 11.8. The van der Waals surface area contributed by atoms with E-state index in [4.69, 9.17) is 5.26 Å². The number of nitriles is 1. The average Bonchev–Trinajstić information content (AvgIpc) is 2.47. The van der Waals surface area contributed by atoms with Gasteiger partial charge >= 0.3 is 0 Å². The van der Waals surface area contributed by atoms with Crippen LogP contribution in [0.3, 0.4) is 0 Å². The van der Waals surface area contributed by atoms with E-state index in [2.05, 4.69) is 21.2 Å². The predicted octanol–water partition coefficient (Wildman–Crippen LogP) is 4.64. The van der Waals surface area contributed by atoms with Crippen molar-refractivity contribution in [3.05, 3.63) is 63.6 Å². The Balaban J connectivity index is 2.09. The number of benzene rings is 2. The van der Waals surface area contributed by atoms with Gasteiger partial charge in [-0.25, -0.2) is 8.78 Å². The predicted molar refractivity (Wildman–Crippen MR) is 82.0 cm³/mol. The molecule has 0 saturated heterocycles. The molecule has 5 heteroatoms. The fourth-order valence-electron chi connectivity index (χ4n) is 2.04. The van der Waals surface area contributed by atoms with E-state index in [-0.39, 0.29) is 21.9 Å². The summed E-state index contributed by atoms with van der Waals surface area (Å²) in [5.41, 5.74) is 1.55. The lowest BCUT2D eigenvalue weighted by atomic mass is 10.1. The van der Waals surface area contributed by atoms with Crippen LogP contribution in [-0.4, -0.2) is 6.04 Å². The molecule has 1 atom stereocenters. The zero-order chi connectivity index (χ0) is 15.4. The molecule has 0 aliphatic heterocycles. The number of hydrogen-bond donors (Lipinski definition) is 1. The standard InChI is InChI=1S/C16H13BrF2N2/c1-10(8-11-2-5-13(18)6-3-11)21-14-7-4-12(9-20)15(17)16(14)19/h2-7,10,21H,8H2,1H3. The summed E-state index contributed by atoms with van der Waals surface area (Å²) in [6.07, 6.45) is 0.636. The van der Waals surface area contributed by atoms with Crippen molar-refractivity contribution in [1.82, 2.24) is 0 Å². The molecule has 108 valence electrons. The Kier molecular flexibility index (Phi) is 4.92. The van der Waals surface area contributed by atoms with Crippen molar-refractivity contribution in [2.24, 2.45) is 0 Å². The van der Waals surface area contributed by atoms with Crippen molar-refractivity contribution >= 4 is 21.6 Å². The smallest absolute Gasteiger partial charge is 0.161 e. The van der Waals surface area contributed by atoms with Gasteiger partial charge in [-0.2, -0.15) is 5.26 Å². The van der Waals surface area contributed by atoms with E-state index in [0.29, 0.717) is 12.1 Å². The molecule has 0 aliphatic rings. The molecule has 2 rings (SSSR count). The van der Waals surface area contributed by atoms with E-state index in [1.54, 1.807) is 24.3 Å². The first-order chi connectivity index (χ1) is 10.0. The highest BCUT2D eigenvalue weighted by atomic mass is 79.9. The summed E-state index contributed by atoms with van der Waals surface area (Å²) in [7, 11) is 0. The Morgan fingerprint density at radius 3 is 2.48 bits per heavy atom. The second-order valence-corrected chi connectivity index (χ2v) is 5.57. The SMILES string of the molecule is CC(Cc1ccc(F)cc1)Nc1ccc(C#N)c(Br)c1F. The number of rotatable bonds is 4. The van der Waals surface area contributed by atoms with Crippen molar-refractivity contribution in [3.8, 4) is 6.07 Å². The Labute approximate surface area is 130 Å². The monoisotopic (exact) mass is 350 g/mol. The summed E-state index contributed by atoms with van der Waals surface area (Å²) in [4.78, 5) is 0. The first-order valence-electron chi connectivity index (χ1n) is 6.40. The number of halogens is 3. The van der Waals surface area contributed by atoms with Crippen molar-refractivity contribution in [3.63, 3.8) is 0 Å². The van der Waals surface area contributed by atoms with Gasteiger partial charge in [0.2, 0.25) is 0 Å². The zero-order valence-corrected chi connectivity index (χ0v) is 12.9. The molecule has 0 heterocycles. The summed E-state index contributed by atoms with van der Waals surface area (Å²) in [5, 5.41) is 11.9. The molecule has 1 unspecified atom stereocenters. The van der Waals surface area contributed by atoms with Gasteiger partial charge in [0, 0.05) is 6.04 Å². The summed E-state index contributed by atoms with van der Waals surface area (Å²) >= 11 is 3.08. The highest BCUT2D eigenvalue weighted by molar-refractivity contribution is 9.10. The maximum atomic E-state index is 14.1. The van der Waals surface area contributed by atoms with Gasteiger partial charge in [0.05, 0.1) is 15.7 Å². The first-order valence-corrected chi connectivity index (χ1v) is 7.19. The molecule has 2 aromatic carbocycles. The Morgan fingerprint density at radius 2 is 1.86 bits per heavy atom. The van der Waals surface area contributed by atoms with Crippen LogP contribution < -0.4 is 5.32 Å². The maximum absolute atomic E-state index is 14.1. The molecule has 0 spiro atoms. The molecule has 1 N–H and O–H groups in total. The summed E-state index contributed by atoms with van der Waals surface area (Å²) in [6.45, 7) is 1.91. The molecule has 0 radical (unpaired) electrons. The fourth-order valence-corrected chi connectivity index (χ4v) is 2.47. The lowest BCUT2D eigenvalue weighted by Gasteiger charge is -2.16. The molecule has 2 aromatic rings. The van der Waals surface area contributed by atoms with E-state index in [9.17, 15) is 8.78 Å². The van der Waals surface area contributed by atoms with Crippen LogP contribution in [0.2, 0.25) is 0 Å². The highest BCUT2D eigenvalue weighted by Gasteiger charge is 2.13. The van der Waals surface area contributed by atoms with Crippen molar-refractivity contribution < 1.29 is 8.78 Å². The zero-order valence-electron chi connectivity index (χ0n) is 11.3. The molecular formula is C16H13BrF2N2. The van der Waals surface area contributed by atoms with Gasteiger partial charge in [-0.1, -0.05) is 12.1 Å². The van der Waals surface area contributed by atoms with Gasteiger partial charge in [0.15, 0.2) is 5.82 Å². The van der Waals surface area contributed by atoms with Gasteiger partial charge in [0.1, 0.15) is 11.9 Å². The summed E-state index contributed by atoms with van der Waals surface area (Å²) in [6, 6.07) is 11.2. The molecule has 2 nitrogen and oxygen atoms in total. The van der Waals surface area contributed by atoms with E-state index >= 15 is 0 Å². The lowest BCUT2D eigenvalue weighted by molar-refractivity contribution is 0.618. The fraction of sp³-hybridized carbons (Fsp3) is 0.188. The third-order valence-corrected chi connectivity index (χ3v) is 3.84. The van der Waals surface area contributed by atoms with Gasteiger partial charge in [0.25, 0.3) is 0 Å². The van der Waals surface area contributed by atoms with Gasteiger partial charge in [-0.3, -0.25) is 0 Å². The topological polar surface area (TPSA) is 35.8 Å². The average molecular weight is 351 g/mol. The molecule has 0 aliphatic carbocycles. The third kappa shape index (κ3) is 3.79. The first kappa shape index (κ1) is 15.5. The lowest BCUT2D eigenvalue weighted by Crippen LogP contribution is -2.19. The second-order valence-electron chi connectivity index (χ2n) is 4.78. The number of nitrogens with zero attached hydrogens (tertiary/aromatic N) is 1. The molecule has 0 aromatic heterocycles. The number of anilines is 1. The maximum Gasteiger partial charge on any atom is 0.161 e. The van der Waals surface area contributed by atoms with Crippen molar-refractivity contribution in [2.45, 2.75) is 19.4 Å². The number of hydrogen-bond acceptors (Lipinski definition) is 2. The van der Waals surface area contributed by atoms with Crippen LogP contribution in [0.25, 0.3) is 0 Å². The van der Waals surface area contributed by atoms with E-state index in [0.717, 1.165) is 5.56 Å². The van der Waals surface area contributed by atoms with Crippen LogP contribution >= 0.6 is 15.9 Å². The van der Waals surface area contributed by atoms with Crippen LogP contribution in [0.1, 0.15) is 18.1 Å². The summed E-state index contributed by atoms with van der Waals surface area (Å²) in [5.74, 6) is -0.763. The van der Waals surface area contributed by atoms with Crippen LogP contribution in [0, 0.1) is 23.0 Å². The second kappa shape index (κ2) is 6.68. The Hall–Kier alpha value is -1.93. The minimum Gasteiger partial charge on any atom is -0.380 e. The molecule has 0 bridgehead atoms. The Bertz CT molecular complexity index is 678. The quantitative estimate of drug-likeness (QED) is 0.871. The minimum atomic E-state index is -0.486. The molecule has 0 saturated carbocycles. The molecular weight excluding hydrogens is 338 g/mol. The molecule has 0 amide bonds. The molecule has 0 fully saturated rings. The van der Waals surface area contributed by atoms with E-state index < -0.39 is 5.82 Å². The van der Waals surface area contributed by atoms with E-state index in [1.807, 2.05) is 13.0 Å². The third-order valence-electron chi connectivity index (χ3n) is 3.06. The largest absolute Gasteiger partial charge is 0.380 e. The molecule has 21 heavy (non-hydrogen) atoms. The van der Waals surface area contributed by atoms with Crippen LogP contribution in [0.15, 0.2) is 40.9 Å². The van der Waals surface area contributed by atoms with Gasteiger partial charge in [-0.15, -0.1) is 0 Å². The minimum absolute atomic E-state index is 0.0372. The van der Waals surface area contributed by atoms with Crippen LogP contribution in [0.4, 0.5) is 14.5 Å². The number of nitrogens with one attached hydrogen (secondary N) is 1. The van der Waals surface area contributed by atoms with Crippen LogP contribution in [-0.2, 0) is 6.42 Å².